The highest BCUT2D eigenvalue weighted by Crippen LogP contribution is 2.36. The lowest BCUT2D eigenvalue weighted by molar-refractivity contribution is -0.134. The molecule has 146 valence electrons. The van der Waals surface area contributed by atoms with Gasteiger partial charge in [-0.05, 0) is 42.7 Å². The summed E-state index contributed by atoms with van der Waals surface area (Å²) in [6.07, 6.45) is 3.57. The molecule has 0 bridgehead atoms. The van der Waals surface area contributed by atoms with Crippen LogP contribution < -0.4 is 4.74 Å². The number of para-hydroxylation sites is 1. The first-order valence-corrected chi connectivity index (χ1v) is 10.5. The lowest BCUT2D eigenvalue weighted by Crippen LogP contribution is -2.42. The fraction of sp³-hybridized carbons (Fsp3) is 0.318. The summed E-state index contributed by atoms with van der Waals surface area (Å²) in [6, 6.07) is 15.2. The van der Waals surface area contributed by atoms with Crippen LogP contribution in [0.1, 0.15) is 24.8 Å². The van der Waals surface area contributed by atoms with Crippen LogP contribution in [0.4, 0.5) is 0 Å². The number of allylic oxidation sites excluding steroid dienone is 1. The van der Waals surface area contributed by atoms with E-state index in [1.807, 2.05) is 36.4 Å². The number of fused-ring (bicyclic) bond motifs is 1. The molecule has 1 saturated carbocycles. The average molecular weight is 464 g/mol. The second-order valence-electron chi connectivity index (χ2n) is 7.03. The Balaban J connectivity index is 1.35. The van der Waals surface area contributed by atoms with Gasteiger partial charge in [0.25, 0.3) is 0 Å². The Morgan fingerprint density at radius 1 is 1.11 bits per heavy atom. The molecule has 2 aliphatic rings. The molecular weight excluding hydrogens is 444 g/mol. The number of hydrogen-bond acceptors (Lipinski definition) is 4. The van der Waals surface area contributed by atoms with Crippen LogP contribution in [0.5, 0.6) is 5.75 Å². The molecule has 0 radical (unpaired) electrons. The van der Waals surface area contributed by atoms with Gasteiger partial charge in [-0.15, -0.1) is 0 Å². The van der Waals surface area contributed by atoms with Gasteiger partial charge in [-0.3, -0.25) is 4.79 Å². The van der Waals surface area contributed by atoms with Gasteiger partial charge >= 0.3 is 0 Å². The normalized spacial score (nSPS) is 24.1. The highest BCUT2D eigenvalue weighted by Gasteiger charge is 2.41. The van der Waals surface area contributed by atoms with Gasteiger partial charge in [-0.25, -0.2) is 0 Å². The summed E-state index contributed by atoms with van der Waals surface area (Å²) in [7, 11) is 0. The van der Waals surface area contributed by atoms with Crippen LogP contribution in [0.3, 0.4) is 0 Å². The number of rotatable bonds is 5. The molecule has 1 heterocycles. The predicted molar refractivity (Wildman–Crippen MR) is 110 cm³/mol. The van der Waals surface area contributed by atoms with Crippen molar-refractivity contribution < 1.29 is 19.0 Å². The molecule has 2 aromatic rings. The minimum absolute atomic E-state index is 0.0254. The summed E-state index contributed by atoms with van der Waals surface area (Å²) in [4.78, 5) is 12.8. The first-order valence-electron chi connectivity index (χ1n) is 9.28. The summed E-state index contributed by atoms with van der Waals surface area (Å²) in [5, 5.41) is 0.461. The van der Waals surface area contributed by atoms with Crippen molar-refractivity contribution in [2.75, 3.05) is 0 Å². The first-order chi connectivity index (χ1) is 13.6. The SMILES string of the molecule is O=C1C(Oc2ccccc2Cl)=COC2CC(OCc3ccc(Br)cc3)CCC12. The molecule has 0 N–H and O–H groups in total. The third-order valence-corrected chi connectivity index (χ3v) is 5.97. The molecule has 1 aliphatic carbocycles. The zero-order valence-electron chi connectivity index (χ0n) is 15.1. The highest BCUT2D eigenvalue weighted by atomic mass is 79.9. The Hall–Kier alpha value is -1.82. The van der Waals surface area contributed by atoms with E-state index in [1.54, 1.807) is 12.1 Å². The fourth-order valence-corrected chi connectivity index (χ4v) is 4.04. The van der Waals surface area contributed by atoms with Gasteiger partial charge < -0.3 is 14.2 Å². The van der Waals surface area contributed by atoms with Gasteiger partial charge in [0.15, 0.2) is 0 Å². The van der Waals surface area contributed by atoms with E-state index >= 15 is 0 Å². The van der Waals surface area contributed by atoms with Gasteiger partial charge in [0.05, 0.1) is 23.7 Å². The molecule has 3 unspecified atom stereocenters. The summed E-state index contributed by atoms with van der Waals surface area (Å²) in [6.45, 7) is 0.556. The first kappa shape index (κ1) is 19.5. The Morgan fingerprint density at radius 3 is 2.68 bits per heavy atom. The number of benzene rings is 2. The van der Waals surface area contributed by atoms with Crippen LogP contribution >= 0.6 is 27.5 Å². The summed E-state index contributed by atoms with van der Waals surface area (Å²) in [5.41, 5.74) is 1.13. The van der Waals surface area contributed by atoms with E-state index in [9.17, 15) is 4.79 Å². The van der Waals surface area contributed by atoms with E-state index in [0.717, 1.165) is 22.9 Å². The maximum absolute atomic E-state index is 12.8. The van der Waals surface area contributed by atoms with E-state index in [4.69, 9.17) is 25.8 Å². The van der Waals surface area contributed by atoms with Crippen molar-refractivity contribution in [3.8, 4) is 5.75 Å². The Morgan fingerprint density at radius 2 is 1.89 bits per heavy atom. The smallest absolute Gasteiger partial charge is 0.208 e. The highest BCUT2D eigenvalue weighted by molar-refractivity contribution is 9.10. The Kier molecular flexibility index (Phi) is 6.04. The average Bonchev–Trinajstić information content (AvgIpc) is 2.71. The van der Waals surface area contributed by atoms with Gasteiger partial charge in [0, 0.05) is 10.9 Å². The number of carbonyl (C=O) groups is 1. The number of ketones is 1. The van der Waals surface area contributed by atoms with E-state index in [1.165, 1.54) is 6.26 Å². The quantitative estimate of drug-likeness (QED) is 0.572. The van der Waals surface area contributed by atoms with E-state index in [2.05, 4.69) is 15.9 Å². The van der Waals surface area contributed by atoms with Gasteiger partial charge in [-0.2, -0.15) is 0 Å². The van der Waals surface area contributed by atoms with Crippen molar-refractivity contribution in [1.29, 1.82) is 0 Å². The lowest BCUT2D eigenvalue weighted by atomic mass is 9.80. The molecule has 28 heavy (non-hydrogen) atoms. The van der Waals surface area contributed by atoms with Crippen LogP contribution in [0.15, 0.2) is 65.0 Å². The van der Waals surface area contributed by atoms with Crippen molar-refractivity contribution in [1.82, 2.24) is 0 Å². The second-order valence-corrected chi connectivity index (χ2v) is 8.36. The standard InChI is InChI=1S/C22H20BrClO4/c23-15-7-5-14(6-8-15)12-26-16-9-10-17-20(11-16)27-13-21(22(17)25)28-19-4-2-1-3-18(19)24/h1-8,13,16-17,20H,9-12H2. The van der Waals surface area contributed by atoms with Crippen molar-refractivity contribution in [3.05, 3.63) is 75.6 Å². The van der Waals surface area contributed by atoms with Crippen molar-refractivity contribution in [2.45, 2.75) is 38.1 Å². The van der Waals surface area contributed by atoms with Crippen LogP contribution in [-0.4, -0.2) is 18.0 Å². The van der Waals surface area contributed by atoms with Gasteiger partial charge in [-0.1, -0.05) is 51.8 Å². The topological polar surface area (TPSA) is 44.8 Å². The van der Waals surface area contributed by atoms with Gasteiger partial charge in [0.1, 0.15) is 18.1 Å². The summed E-state index contributed by atoms with van der Waals surface area (Å²) < 4.78 is 18.7. The van der Waals surface area contributed by atoms with Crippen molar-refractivity contribution >= 4 is 33.3 Å². The van der Waals surface area contributed by atoms with Crippen LogP contribution in [0.2, 0.25) is 5.02 Å². The fourth-order valence-electron chi connectivity index (χ4n) is 3.60. The minimum Gasteiger partial charge on any atom is -0.493 e. The monoisotopic (exact) mass is 462 g/mol. The molecule has 1 fully saturated rings. The summed E-state index contributed by atoms with van der Waals surface area (Å²) in [5.74, 6) is 0.443. The van der Waals surface area contributed by atoms with Gasteiger partial charge in [0.2, 0.25) is 11.5 Å². The molecule has 3 atom stereocenters. The minimum atomic E-state index is -0.199. The molecule has 4 nitrogen and oxygen atoms in total. The largest absolute Gasteiger partial charge is 0.493 e. The summed E-state index contributed by atoms with van der Waals surface area (Å²) >= 11 is 9.55. The Labute approximate surface area is 177 Å². The maximum Gasteiger partial charge on any atom is 0.208 e. The zero-order valence-corrected chi connectivity index (χ0v) is 17.5. The maximum atomic E-state index is 12.8. The van der Waals surface area contributed by atoms with Crippen LogP contribution in [-0.2, 0) is 20.9 Å². The number of halogens is 2. The molecule has 6 heteroatoms. The molecule has 0 amide bonds. The van der Waals surface area contributed by atoms with Crippen molar-refractivity contribution in [2.24, 2.45) is 5.92 Å². The molecular formula is C22H20BrClO4. The number of ether oxygens (including phenoxy) is 3. The molecule has 0 saturated heterocycles. The van der Waals surface area contributed by atoms with Crippen LogP contribution in [0.25, 0.3) is 0 Å². The molecule has 1 aliphatic heterocycles. The number of carbonyl (C=O) groups excluding carboxylic acids is 1. The molecule has 2 aromatic carbocycles. The molecule has 4 rings (SSSR count). The predicted octanol–water partition coefficient (Wildman–Crippen LogP) is 5.68. The number of hydrogen-bond donors (Lipinski definition) is 0. The van der Waals surface area contributed by atoms with E-state index in [-0.39, 0.29) is 29.7 Å². The molecule has 0 aromatic heterocycles. The van der Waals surface area contributed by atoms with E-state index in [0.29, 0.717) is 23.8 Å². The third kappa shape index (κ3) is 4.43. The zero-order chi connectivity index (χ0) is 19.5. The lowest BCUT2D eigenvalue weighted by Gasteiger charge is -2.37. The second kappa shape index (κ2) is 8.68. The van der Waals surface area contributed by atoms with Crippen LogP contribution in [0, 0.1) is 5.92 Å². The number of Topliss-reactive ketones (excluding diaryl/α,β-unsaturated/α-hetero) is 1. The molecule has 0 spiro atoms. The third-order valence-electron chi connectivity index (χ3n) is 5.13. The van der Waals surface area contributed by atoms with Crippen molar-refractivity contribution in [3.63, 3.8) is 0 Å². The van der Waals surface area contributed by atoms with E-state index < -0.39 is 0 Å². The Bertz CT molecular complexity index is 880.